The molecule has 0 aromatic heterocycles. The summed E-state index contributed by atoms with van der Waals surface area (Å²) in [5.74, 6) is 1.49. The summed E-state index contributed by atoms with van der Waals surface area (Å²) in [5, 5.41) is 6.05. The molecule has 0 aromatic rings. The number of fused-ring (bicyclic) bond motifs is 2. The van der Waals surface area contributed by atoms with Crippen molar-refractivity contribution >= 4 is 5.91 Å². The highest BCUT2D eigenvalue weighted by molar-refractivity contribution is 5.78. The van der Waals surface area contributed by atoms with E-state index in [4.69, 9.17) is 0 Å². The van der Waals surface area contributed by atoms with Crippen LogP contribution in [-0.2, 0) is 4.79 Å². The number of carbonyl (C=O) groups is 1. The van der Waals surface area contributed by atoms with E-state index in [9.17, 15) is 9.18 Å². The third-order valence-corrected chi connectivity index (χ3v) is 3.53. The zero-order chi connectivity index (χ0) is 10.7. The summed E-state index contributed by atoms with van der Waals surface area (Å²) in [6.45, 7) is 1.79. The van der Waals surface area contributed by atoms with Crippen LogP contribution in [0.4, 0.5) is 4.39 Å². The zero-order valence-electron chi connectivity index (χ0n) is 8.97. The Morgan fingerprint density at radius 3 is 2.53 bits per heavy atom. The molecule has 1 amide bonds. The van der Waals surface area contributed by atoms with Gasteiger partial charge >= 0.3 is 0 Å². The second kappa shape index (κ2) is 4.92. The molecule has 1 saturated heterocycles. The van der Waals surface area contributed by atoms with Crippen molar-refractivity contribution in [2.45, 2.75) is 19.3 Å². The first kappa shape index (κ1) is 10.9. The third kappa shape index (κ3) is 2.68. The van der Waals surface area contributed by atoms with Gasteiger partial charge in [-0.3, -0.25) is 4.79 Å². The standard InChI is InChI=1S/C11H19FN2O/c12-1-2-14-11(15)10-4-8-3-9(5-10)7-13-6-8/h8-10,13H,1-7H2,(H,14,15). The van der Waals surface area contributed by atoms with Gasteiger partial charge in [0.15, 0.2) is 0 Å². The molecule has 2 N–H and O–H groups in total. The van der Waals surface area contributed by atoms with Crippen LogP contribution in [-0.4, -0.2) is 32.2 Å². The minimum atomic E-state index is -0.465. The van der Waals surface area contributed by atoms with Crippen molar-refractivity contribution in [3.05, 3.63) is 0 Å². The Hall–Kier alpha value is -0.640. The molecule has 2 unspecified atom stereocenters. The Balaban J connectivity index is 1.85. The number of hydrogen-bond donors (Lipinski definition) is 2. The van der Waals surface area contributed by atoms with Crippen LogP contribution in [0.2, 0.25) is 0 Å². The number of halogens is 1. The van der Waals surface area contributed by atoms with Crippen molar-refractivity contribution < 1.29 is 9.18 Å². The first-order chi connectivity index (χ1) is 7.29. The molecule has 3 nitrogen and oxygen atoms in total. The van der Waals surface area contributed by atoms with Gasteiger partial charge in [-0.25, -0.2) is 4.39 Å². The fourth-order valence-corrected chi connectivity index (χ4v) is 2.92. The molecular weight excluding hydrogens is 195 g/mol. The maximum atomic E-state index is 11.9. The highest BCUT2D eigenvalue weighted by atomic mass is 19.1. The molecule has 0 radical (unpaired) electrons. The fourth-order valence-electron chi connectivity index (χ4n) is 2.92. The van der Waals surface area contributed by atoms with Gasteiger partial charge in [0.1, 0.15) is 6.67 Å². The minimum absolute atomic E-state index is 0.0595. The predicted octanol–water partition coefficient (Wildman–Crippen LogP) is 0.708. The Morgan fingerprint density at radius 1 is 1.27 bits per heavy atom. The lowest BCUT2D eigenvalue weighted by atomic mass is 9.73. The van der Waals surface area contributed by atoms with Crippen molar-refractivity contribution in [3.63, 3.8) is 0 Å². The molecule has 86 valence electrons. The maximum Gasteiger partial charge on any atom is 0.223 e. The van der Waals surface area contributed by atoms with Crippen LogP contribution in [0.25, 0.3) is 0 Å². The van der Waals surface area contributed by atoms with Crippen LogP contribution in [0.3, 0.4) is 0 Å². The molecule has 1 saturated carbocycles. The summed E-state index contributed by atoms with van der Waals surface area (Å²) in [6.07, 6.45) is 3.21. The van der Waals surface area contributed by atoms with Crippen molar-refractivity contribution in [1.29, 1.82) is 0 Å². The van der Waals surface area contributed by atoms with Crippen LogP contribution in [0.1, 0.15) is 19.3 Å². The summed E-state index contributed by atoms with van der Waals surface area (Å²) in [5.41, 5.74) is 0. The van der Waals surface area contributed by atoms with Gasteiger partial charge in [-0.1, -0.05) is 0 Å². The van der Waals surface area contributed by atoms with E-state index in [0.29, 0.717) is 11.8 Å². The Bertz CT molecular complexity index is 223. The largest absolute Gasteiger partial charge is 0.353 e. The van der Waals surface area contributed by atoms with Gasteiger partial charge in [-0.05, 0) is 44.2 Å². The van der Waals surface area contributed by atoms with E-state index in [1.807, 2.05) is 0 Å². The molecule has 2 bridgehead atoms. The predicted molar refractivity (Wildman–Crippen MR) is 56.2 cm³/mol. The van der Waals surface area contributed by atoms with E-state index in [1.165, 1.54) is 6.42 Å². The van der Waals surface area contributed by atoms with Crippen LogP contribution in [0.15, 0.2) is 0 Å². The lowest BCUT2D eigenvalue weighted by Crippen LogP contribution is -2.45. The van der Waals surface area contributed by atoms with Crippen LogP contribution in [0.5, 0.6) is 0 Å². The average molecular weight is 214 g/mol. The second-order valence-corrected chi connectivity index (χ2v) is 4.77. The zero-order valence-corrected chi connectivity index (χ0v) is 8.97. The molecule has 4 heteroatoms. The van der Waals surface area contributed by atoms with Crippen LogP contribution >= 0.6 is 0 Å². The first-order valence-corrected chi connectivity index (χ1v) is 5.84. The SMILES string of the molecule is O=C(NCCF)C1CC2CNCC(C2)C1. The summed E-state index contributed by atoms with van der Waals surface area (Å²) in [6, 6.07) is 0. The third-order valence-electron chi connectivity index (χ3n) is 3.53. The fraction of sp³-hybridized carbons (Fsp3) is 0.909. The normalized spacial score (nSPS) is 34.9. The van der Waals surface area contributed by atoms with E-state index in [0.717, 1.165) is 25.9 Å². The van der Waals surface area contributed by atoms with Crippen molar-refractivity contribution in [1.82, 2.24) is 10.6 Å². The molecule has 2 aliphatic rings. The summed E-state index contributed by atoms with van der Waals surface area (Å²) >= 11 is 0. The molecule has 2 rings (SSSR count). The van der Waals surface area contributed by atoms with E-state index < -0.39 is 6.67 Å². The Labute approximate surface area is 89.8 Å². The van der Waals surface area contributed by atoms with Gasteiger partial charge in [-0.15, -0.1) is 0 Å². The molecule has 0 spiro atoms. The van der Waals surface area contributed by atoms with Crippen molar-refractivity contribution in [2.24, 2.45) is 17.8 Å². The van der Waals surface area contributed by atoms with Gasteiger partial charge in [0, 0.05) is 12.5 Å². The summed E-state index contributed by atoms with van der Waals surface area (Å²) in [7, 11) is 0. The number of rotatable bonds is 3. The Kier molecular flexibility index (Phi) is 3.57. The van der Waals surface area contributed by atoms with Crippen molar-refractivity contribution in [3.8, 4) is 0 Å². The summed E-state index contributed by atoms with van der Waals surface area (Å²) in [4.78, 5) is 11.7. The second-order valence-electron chi connectivity index (χ2n) is 4.77. The number of nitrogens with one attached hydrogen (secondary N) is 2. The average Bonchev–Trinajstić information content (AvgIpc) is 2.25. The van der Waals surface area contributed by atoms with E-state index in [-0.39, 0.29) is 18.4 Å². The van der Waals surface area contributed by atoms with Gasteiger partial charge in [-0.2, -0.15) is 0 Å². The Morgan fingerprint density at radius 2 is 1.93 bits per heavy atom. The van der Waals surface area contributed by atoms with E-state index >= 15 is 0 Å². The topological polar surface area (TPSA) is 41.1 Å². The number of amides is 1. The summed E-state index contributed by atoms with van der Waals surface area (Å²) < 4.78 is 11.9. The molecule has 1 heterocycles. The highest BCUT2D eigenvalue weighted by Crippen LogP contribution is 2.35. The van der Waals surface area contributed by atoms with Gasteiger partial charge in [0.25, 0.3) is 0 Å². The highest BCUT2D eigenvalue weighted by Gasteiger charge is 2.34. The van der Waals surface area contributed by atoms with Gasteiger partial charge in [0.2, 0.25) is 5.91 Å². The molecule has 1 aliphatic heterocycles. The lowest BCUT2D eigenvalue weighted by Gasteiger charge is -2.38. The molecule has 1 aliphatic carbocycles. The molecule has 0 aromatic carbocycles. The quantitative estimate of drug-likeness (QED) is 0.726. The van der Waals surface area contributed by atoms with Crippen LogP contribution < -0.4 is 10.6 Å². The number of carbonyl (C=O) groups excluding carboxylic acids is 1. The van der Waals surface area contributed by atoms with E-state index in [1.54, 1.807) is 0 Å². The molecular formula is C11H19FN2O. The van der Waals surface area contributed by atoms with Gasteiger partial charge < -0.3 is 10.6 Å². The maximum absolute atomic E-state index is 11.9. The smallest absolute Gasteiger partial charge is 0.223 e. The number of hydrogen-bond acceptors (Lipinski definition) is 2. The van der Waals surface area contributed by atoms with Crippen LogP contribution in [0, 0.1) is 17.8 Å². The van der Waals surface area contributed by atoms with E-state index in [2.05, 4.69) is 10.6 Å². The number of piperidine rings is 1. The minimum Gasteiger partial charge on any atom is -0.353 e. The first-order valence-electron chi connectivity index (χ1n) is 5.84. The molecule has 2 atom stereocenters. The number of alkyl halides is 1. The molecule has 2 fully saturated rings. The van der Waals surface area contributed by atoms with Gasteiger partial charge in [0.05, 0.1) is 0 Å². The lowest BCUT2D eigenvalue weighted by molar-refractivity contribution is -0.127. The monoisotopic (exact) mass is 214 g/mol. The van der Waals surface area contributed by atoms with Crippen molar-refractivity contribution in [2.75, 3.05) is 26.3 Å². The molecule has 15 heavy (non-hydrogen) atoms.